The number of Topliss-reactive ketones (excluding diaryl/α,β-unsaturated/α-hetero) is 1. The van der Waals surface area contributed by atoms with Crippen molar-refractivity contribution in [2.45, 2.75) is 18.2 Å². The highest BCUT2D eigenvalue weighted by atomic mass is 32.2. The molecule has 3 heterocycles. The normalized spacial score (nSPS) is 10.9. The Hall–Kier alpha value is -3.31. The molecular weight excluding hydrogens is 364 g/mol. The molecule has 0 saturated heterocycles. The van der Waals surface area contributed by atoms with Crippen molar-refractivity contribution in [3.8, 4) is 17.7 Å². The fourth-order valence-electron chi connectivity index (χ4n) is 2.80. The third kappa shape index (κ3) is 3.50. The number of nitrogens with zero attached hydrogens (tertiary/aromatic N) is 4. The van der Waals surface area contributed by atoms with E-state index in [0.717, 1.165) is 10.9 Å². The van der Waals surface area contributed by atoms with E-state index in [1.807, 2.05) is 35.0 Å². The summed E-state index contributed by atoms with van der Waals surface area (Å²) < 4.78 is 12.7. The minimum Gasteiger partial charge on any atom is -0.459 e. The summed E-state index contributed by atoms with van der Waals surface area (Å²) in [4.78, 5) is 12.7. The molecule has 0 amide bonds. The zero-order chi connectivity index (χ0) is 18.6. The summed E-state index contributed by atoms with van der Waals surface area (Å²) in [7, 11) is 0. The van der Waals surface area contributed by atoms with Gasteiger partial charge in [0.05, 0.1) is 24.5 Å². The lowest BCUT2D eigenvalue weighted by Crippen LogP contribution is -2.02. The number of furan rings is 1. The van der Waals surface area contributed by atoms with Crippen molar-refractivity contribution >= 4 is 28.4 Å². The number of carbonyl (C=O) groups is 1. The van der Waals surface area contributed by atoms with Crippen LogP contribution in [0.1, 0.15) is 16.8 Å². The highest BCUT2D eigenvalue weighted by molar-refractivity contribution is 7.99. The van der Waals surface area contributed by atoms with E-state index in [1.165, 1.54) is 18.0 Å². The Morgan fingerprint density at radius 3 is 2.93 bits per heavy atom. The van der Waals surface area contributed by atoms with E-state index in [9.17, 15) is 4.79 Å². The molecule has 27 heavy (non-hydrogen) atoms. The second-order valence-electron chi connectivity index (χ2n) is 5.72. The van der Waals surface area contributed by atoms with E-state index in [1.54, 1.807) is 12.1 Å². The van der Waals surface area contributed by atoms with Crippen LogP contribution in [0.5, 0.6) is 0 Å². The number of aryl methyl sites for hydroxylation is 1. The number of rotatable bonds is 7. The van der Waals surface area contributed by atoms with Gasteiger partial charge in [-0.15, -0.1) is 10.2 Å². The molecule has 4 aromatic rings. The number of nitriles is 1. The molecule has 8 heteroatoms. The maximum Gasteiger partial charge on any atom is 0.284 e. The number of hydrogen-bond donors (Lipinski definition) is 0. The van der Waals surface area contributed by atoms with Crippen LogP contribution >= 0.6 is 11.8 Å². The fraction of sp³-hybridized carbons (Fsp3) is 0.158. The van der Waals surface area contributed by atoms with E-state index in [0.29, 0.717) is 29.5 Å². The monoisotopic (exact) mass is 378 g/mol. The molecule has 0 atom stereocenters. The lowest BCUT2D eigenvalue weighted by molar-refractivity contribution is 0.102. The highest BCUT2D eigenvalue weighted by Crippen LogP contribution is 2.26. The molecule has 0 saturated carbocycles. The van der Waals surface area contributed by atoms with Crippen LogP contribution in [0.25, 0.3) is 22.6 Å². The maximum absolute atomic E-state index is 12.7. The van der Waals surface area contributed by atoms with E-state index in [-0.39, 0.29) is 17.4 Å². The SMILES string of the molecule is N#CCCn1cc(C(=O)CSc2nnc(-c3ccco3)o2)c2ccccc21. The second kappa shape index (κ2) is 7.51. The topological polar surface area (TPSA) is 97.8 Å². The predicted octanol–water partition coefficient (Wildman–Crippen LogP) is 4.17. The van der Waals surface area contributed by atoms with E-state index in [4.69, 9.17) is 14.1 Å². The first kappa shape index (κ1) is 17.1. The number of aromatic nitrogens is 3. The summed E-state index contributed by atoms with van der Waals surface area (Å²) >= 11 is 1.18. The van der Waals surface area contributed by atoms with Gasteiger partial charge >= 0.3 is 0 Å². The minimum absolute atomic E-state index is 0.0374. The first-order valence-electron chi connectivity index (χ1n) is 8.24. The van der Waals surface area contributed by atoms with Crippen LogP contribution in [0, 0.1) is 11.3 Å². The standard InChI is InChI=1S/C19H14N4O3S/c20-8-4-9-23-11-14(13-5-1-2-6-15(13)23)16(24)12-27-19-22-21-18(26-19)17-7-3-10-25-17/h1-3,5-7,10-11H,4,9,12H2. The van der Waals surface area contributed by atoms with Crippen LogP contribution in [-0.4, -0.2) is 26.3 Å². The number of hydrogen-bond acceptors (Lipinski definition) is 7. The average molecular weight is 378 g/mol. The largest absolute Gasteiger partial charge is 0.459 e. The summed E-state index contributed by atoms with van der Waals surface area (Å²) in [6.07, 6.45) is 3.73. The molecule has 0 radical (unpaired) electrons. The molecule has 1 aromatic carbocycles. The molecule has 0 fully saturated rings. The second-order valence-corrected chi connectivity index (χ2v) is 6.65. The first-order chi connectivity index (χ1) is 13.3. The molecule has 0 aliphatic heterocycles. The first-order valence-corrected chi connectivity index (χ1v) is 9.23. The smallest absolute Gasteiger partial charge is 0.284 e. The van der Waals surface area contributed by atoms with Crippen LogP contribution in [0.15, 0.2) is 62.9 Å². The van der Waals surface area contributed by atoms with Crippen LogP contribution in [0.3, 0.4) is 0 Å². The van der Waals surface area contributed by atoms with Gasteiger partial charge in [0.25, 0.3) is 11.1 Å². The van der Waals surface area contributed by atoms with Gasteiger partial charge < -0.3 is 13.4 Å². The van der Waals surface area contributed by atoms with E-state index < -0.39 is 0 Å². The van der Waals surface area contributed by atoms with Gasteiger partial charge in [-0.1, -0.05) is 30.0 Å². The Kier molecular flexibility index (Phi) is 4.77. The Morgan fingerprint density at radius 2 is 2.11 bits per heavy atom. The quantitative estimate of drug-likeness (QED) is 0.351. The highest BCUT2D eigenvalue weighted by Gasteiger charge is 2.17. The van der Waals surface area contributed by atoms with Crippen molar-refractivity contribution in [2.24, 2.45) is 0 Å². The van der Waals surface area contributed by atoms with Gasteiger partial charge in [-0.25, -0.2) is 0 Å². The van der Waals surface area contributed by atoms with Crippen LogP contribution in [-0.2, 0) is 6.54 Å². The van der Waals surface area contributed by atoms with Crippen molar-refractivity contribution in [3.05, 3.63) is 54.4 Å². The summed E-state index contributed by atoms with van der Waals surface area (Å²) in [5.74, 6) is 0.903. The molecule has 0 N–H and O–H groups in total. The molecule has 0 aliphatic rings. The number of benzene rings is 1. The summed E-state index contributed by atoms with van der Waals surface area (Å²) in [5.41, 5.74) is 1.57. The summed E-state index contributed by atoms with van der Waals surface area (Å²) in [5, 5.41) is 17.9. The lowest BCUT2D eigenvalue weighted by Gasteiger charge is -2.00. The van der Waals surface area contributed by atoms with Crippen LogP contribution in [0.4, 0.5) is 0 Å². The third-order valence-electron chi connectivity index (χ3n) is 4.02. The summed E-state index contributed by atoms with van der Waals surface area (Å²) in [6.45, 7) is 0.549. The average Bonchev–Trinajstić information content (AvgIpc) is 3.44. The molecule has 4 rings (SSSR count). The van der Waals surface area contributed by atoms with Crippen molar-refractivity contribution in [2.75, 3.05) is 5.75 Å². The zero-order valence-corrected chi connectivity index (χ0v) is 15.0. The number of ketones is 1. The van der Waals surface area contributed by atoms with Gasteiger partial charge in [0.15, 0.2) is 11.5 Å². The van der Waals surface area contributed by atoms with Crippen molar-refractivity contribution in [3.63, 3.8) is 0 Å². The predicted molar refractivity (Wildman–Crippen MR) is 99.2 cm³/mol. The lowest BCUT2D eigenvalue weighted by atomic mass is 10.1. The van der Waals surface area contributed by atoms with E-state index in [2.05, 4.69) is 16.3 Å². The molecular formula is C19H14N4O3S. The van der Waals surface area contributed by atoms with Gasteiger partial charge in [-0.05, 0) is 18.2 Å². The Labute approximate surface area is 158 Å². The Balaban J connectivity index is 1.51. The molecule has 134 valence electrons. The zero-order valence-electron chi connectivity index (χ0n) is 14.2. The maximum atomic E-state index is 12.7. The number of thioether (sulfide) groups is 1. The molecule has 0 unspecified atom stereocenters. The Morgan fingerprint density at radius 1 is 1.22 bits per heavy atom. The number of para-hydroxylation sites is 1. The van der Waals surface area contributed by atoms with Gasteiger partial charge in [0.1, 0.15) is 0 Å². The number of fused-ring (bicyclic) bond motifs is 1. The van der Waals surface area contributed by atoms with Crippen LogP contribution in [0.2, 0.25) is 0 Å². The van der Waals surface area contributed by atoms with Gasteiger partial charge in [0.2, 0.25) is 0 Å². The van der Waals surface area contributed by atoms with Crippen molar-refractivity contribution in [1.82, 2.24) is 14.8 Å². The van der Waals surface area contributed by atoms with Crippen LogP contribution < -0.4 is 0 Å². The van der Waals surface area contributed by atoms with Crippen molar-refractivity contribution < 1.29 is 13.6 Å². The van der Waals surface area contributed by atoms with Crippen molar-refractivity contribution in [1.29, 1.82) is 5.26 Å². The number of carbonyl (C=O) groups excluding carboxylic acids is 1. The summed E-state index contributed by atoms with van der Waals surface area (Å²) in [6, 6.07) is 13.3. The molecule has 0 spiro atoms. The molecule has 3 aromatic heterocycles. The molecule has 0 bridgehead atoms. The third-order valence-corrected chi connectivity index (χ3v) is 4.84. The fourth-order valence-corrected chi connectivity index (χ4v) is 3.44. The van der Waals surface area contributed by atoms with E-state index >= 15 is 0 Å². The van der Waals surface area contributed by atoms with Gasteiger partial charge in [-0.3, -0.25) is 4.79 Å². The Bertz CT molecular complexity index is 1120. The van der Waals surface area contributed by atoms with Gasteiger partial charge in [-0.2, -0.15) is 5.26 Å². The minimum atomic E-state index is -0.0374. The van der Waals surface area contributed by atoms with Gasteiger partial charge in [0, 0.05) is 29.2 Å². The molecule has 7 nitrogen and oxygen atoms in total. The molecule has 0 aliphatic carbocycles.